The number of rotatable bonds is 6. The van der Waals surface area contributed by atoms with Crippen LogP contribution in [0.2, 0.25) is 0 Å². The van der Waals surface area contributed by atoms with Gasteiger partial charge in [-0.2, -0.15) is 0 Å². The highest BCUT2D eigenvalue weighted by Gasteiger charge is 2.42. The standard InChI is InChI=1S/C23H36N4O2/c1-24-21(26-18-23(11-7-8-12-23)20(28)27(2)3)25-17-22(13-15-29-16-14-22)19-9-5-4-6-10-19/h4-6,9-10H,7-8,11-18H2,1-3H3,(H2,24,25,26). The Morgan fingerprint density at radius 3 is 2.24 bits per heavy atom. The van der Waals surface area contributed by atoms with Crippen LogP contribution in [0.25, 0.3) is 0 Å². The monoisotopic (exact) mass is 400 g/mol. The van der Waals surface area contributed by atoms with Crippen molar-refractivity contribution in [1.82, 2.24) is 15.5 Å². The van der Waals surface area contributed by atoms with Gasteiger partial charge in [0.2, 0.25) is 5.91 Å². The van der Waals surface area contributed by atoms with E-state index in [9.17, 15) is 4.79 Å². The number of benzene rings is 1. The van der Waals surface area contributed by atoms with Crippen molar-refractivity contribution in [3.8, 4) is 0 Å². The zero-order chi connectivity index (χ0) is 20.7. The lowest BCUT2D eigenvalue weighted by atomic mass is 9.74. The van der Waals surface area contributed by atoms with E-state index in [1.165, 1.54) is 5.56 Å². The minimum Gasteiger partial charge on any atom is -0.381 e. The summed E-state index contributed by atoms with van der Waals surface area (Å²) >= 11 is 0. The normalized spacial score (nSPS) is 20.9. The largest absolute Gasteiger partial charge is 0.381 e. The topological polar surface area (TPSA) is 66.0 Å². The van der Waals surface area contributed by atoms with E-state index < -0.39 is 0 Å². The molecule has 0 spiro atoms. The molecule has 2 fully saturated rings. The van der Waals surface area contributed by atoms with Gasteiger partial charge in [0.05, 0.1) is 5.41 Å². The first-order chi connectivity index (χ1) is 14.0. The molecule has 6 nitrogen and oxygen atoms in total. The zero-order valence-corrected chi connectivity index (χ0v) is 18.2. The van der Waals surface area contributed by atoms with Crippen molar-refractivity contribution in [2.75, 3.05) is 47.4 Å². The van der Waals surface area contributed by atoms with Gasteiger partial charge in [0.1, 0.15) is 0 Å². The Morgan fingerprint density at radius 2 is 1.66 bits per heavy atom. The second-order valence-corrected chi connectivity index (χ2v) is 8.73. The molecule has 160 valence electrons. The molecule has 1 aliphatic carbocycles. The molecule has 1 aromatic carbocycles. The summed E-state index contributed by atoms with van der Waals surface area (Å²) in [6, 6.07) is 10.7. The molecule has 3 rings (SSSR count). The summed E-state index contributed by atoms with van der Waals surface area (Å²) in [5, 5.41) is 7.00. The number of carbonyl (C=O) groups excluding carboxylic acids is 1. The van der Waals surface area contributed by atoms with Crippen molar-refractivity contribution in [2.24, 2.45) is 10.4 Å². The maximum Gasteiger partial charge on any atom is 0.230 e. The highest BCUT2D eigenvalue weighted by molar-refractivity contribution is 5.85. The van der Waals surface area contributed by atoms with Gasteiger partial charge in [0.25, 0.3) is 0 Å². The second kappa shape index (κ2) is 9.61. The summed E-state index contributed by atoms with van der Waals surface area (Å²) in [7, 11) is 5.50. The van der Waals surface area contributed by atoms with Crippen LogP contribution in [0.15, 0.2) is 35.3 Å². The van der Waals surface area contributed by atoms with E-state index >= 15 is 0 Å². The quantitative estimate of drug-likeness (QED) is 0.569. The molecule has 0 aromatic heterocycles. The number of hydrogen-bond acceptors (Lipinski definition) is 3. The third-order valence-electron chi connectivity index (χ3n) is 6.67. The lowest BCUT2D eigenvalue weighted by molar-refractivity contribution is -0.138. The van der Waals surface area contributed by atoms with Gasteiger partial charge in [-0.3, -0.25) is 9.79 Å². The molecule has 0 bridgehead atoms. The highest BCUT2D eigenvalue weighted by atomic mass is 16.5. The summed E-state index contributed by atoms with van der Waals surface area (Å²) in [6.07, 6.45) is 6.10. The van der Waals surface area contributed by atoms with Crippen molar-refractivity contribution in [2.45, 2.75) is 43.9 Å². The van der Waals surface area contributed by atoms with Crippen LogP contribution in [0.1, 0.15) is 44.1 Å². The summed E-state index contributed by atoms with van der Waals surface area (Å²) in [6.45, 7) is 2.99. The van der Waals surface area contributed by atoms with E-state index in [1.807, 2.05) is 14.1 Å². The Balaban J connectivity index is 1.65. The fourth-order valence-corrected chi connectivity index (χ4v) is 4.84. The molecule has 1 aliphatic heterocycles. The van der Waals surface area contributed by atoms with E-state index in [2.05, 4.69) is 46.0 Å². The molecule has 1 saturated heterocycles. The first-order valence-electron chi connectivity index (χ1n) is 10.8. The second-order valence-electron chi connectivity index (χ2n) is 8.73. The minimum atomic E-state index is -0.309. The molecule has 6 heteroatoms. The van der Waals surface area contributed by atoms with E-state index in [0.717, 1.165) is 64.2 Å². The number of amides is 1. The molecular formula is C23H36N4O2. The molecule has 0 atom stereocenters. The van der Waals surface area contributed by atoms with E-state index in [1.54, 1.807) is 11.9 Å². The van der Waals surface area contributed by atoms with Crippen molar-refractivity contribution in [3.63, 3.8) is 0 Å². The van der Waals surface area contributed by atoms with Gasteiger partial charge < -0.3 is 20.3 Å². The first kappa shape index (κ1) is 21.6. The number of carbonyl (C=O) groups is 1. The zero-order valence-electron chi connectivity index (χ0n) is 18.2. The van der Waals surface area contributed by atoms with Crippen LogP contribution < -0.4 is 10.6 Å². The maximum atomic E-state index is 12.8. The number of nitrogens with zero attached hydrogens (tertiary/aromatic N) is 2. The molecular weight excluding hydrogens is 364 g/mol. The summed E-state index contributed by atoms with van der Waals surface area (Å²) in [5.41, 5.74) is 1.08. The predicted molar refractivity (Wildman–Crippen MR) is 117 cm³/mol. The van der Waals surface area contributed by atoms with Gasteiger partial charge in [-0.05, 0) is 31.2 Å². The number of guanidine groups is 1. The van der Waals surface area contributed by atoms with Crippen molar-refractivity contribution in [3.05, 3.63) is 35.9 Å². The predicted octanol–water partition coefficient (Wildman–Crippen LogP) is 2.55. The molecule has 1 saturated carbocycles. The number of nitrogens with one attached hydrogen (secondary N) is 2. The van der Waals surface area contributed by atoms with E-state index in [0.29, 0.717) is 6.54 Å². The van der Waals surface area contributed by atoms with Gasteiger partial charge in [-0.25, -0.2) is 0 Å². The molecule has 1 aromatic rings. The van der Waals surface area contributed by atoms with Crippen molar-refractivity contribution >= 4 is 11.9 Å². The summed E-state index contributed by atoms with van der Waals surface area (Å²) in [5.74, 6) is 0.993. The average molecular weight is 401 g/mol. The Hall–Kier alpha value is -2.08. The van der Waals surface area contributed by atoms with E-state index in [-0.39, 0.29) is 16.7 Å². The van der Waals surface area contributed by atoms with E-state index in [4.69, 9.17) is 4.74 Å². The lowest BCUT2D eigenvalue weighted by Gasteiger charge is -2.38. The SMILES string of the molecule is CN=C(NCC1(C(=O)N(C)C)CCCC1)NCC1(c2ccccc2)CCOCC1. The fraction of sp³-hybridized carbons (Fsp3) is 0.652. The first-order valence-corrected chi connectivity index (χ1v) is 10.8. The molecule has 0 radical (unpaired) electrons. The molecule has 29 heavy (non-hydrogen) atoms. The van der Waals surface area contributed by atoms with Gasteiger partial charge in [-0.1, -0.05) is 43.2 Å². The Morgan fingerprint density at radius 1 is 1.03 bits per heavy atom. The average Bonchev–Trinajstić information content (AvgIpc) is 3.24. The Kier molecular flexibility index (Phi) is 7.17. The van der Waals surface area contributed by atoms with Crippen molar-refractivity contribution in [1.29, 1.82) is 0 Å². The smallest absolute Gasteiger partial charge is 0.230 e. The van der Waals surface area contributed by atoms with Gasteiger partial charge in [-0.15, -0.1) is 0 Å². The number of ether oxygens (including phenoxy) is 1. The van der Waals surface area contributed by atoms with Crippen molar-refractivity contribution < 1.29 is 9.53 Å². The van der Waals surface area contributed by atoms with Crippen LogP contribution >= 0.6 is 0 Å². The maximum absolute atomic E-state index is 12.8. The Bertz CT molecular complexity index is 690. The number of aliphatic imine (C=N–C) groups is 1. The van der Waals surface area contributed by atoms with Crippen LogP contribution in [0.5, 0.6) is 0 Å². The van der Waals surface area contributed by atoms with Gasteiger partial charge in [0, 0.05) is 52.9 Å². The van der Waals surface area contributed by atoms with Crippen LogP contribution in [-0.4, -0.2) is 64.2 Å². The molecule has 1 amide bonds. The van der Waals surface area contributed by atoms with Gasteiger partial charge >= 0.3 is 0 Å². The third-order valence-corrected chi connectivity index (χ3v) is 6.67. The summed E-state index contributed by atoms with van der Waals surface area (Å²) in [4.78, 5) is 19.0. The Labute approximate surface area is 175 Å². The highest BCUT2D eigenvalue weighted by Crippen LogP contribution is 2.39. The lowest BCUT2D eigenvalue weighted by Crippen LogP contribution is -2.52. The minimum absolute atomic E-state index is 0.0433. The van der Waals surface area contributed by atoms with Crippen LogP contribution in [0, 0.1) is 5.41 Å². The van der Waals surface area contributed by atoms with Crippen LogP contribution in [-0.2, 0) is 14.9 Å². The number of hydrogen-bond donors (Lipinski definition) is 2. The van der Waals surface area contributed by atoms with Gasteiger partial charge in [0.15, 0.2) is 5.96 Å². The molecule has 0 unspecified atom stereocenters. The molecule has 2 N–H and O–H groups in total. The van der Waals surface area contributed by atoms with Crippen LogP contribution in [0.3, 0.4) is 0 Å². The summed E-state index contributed by atoms with van der Waals surface area (Å²) < 4.78 is 5.64. The fourth-order valence-electron chi connectivity index (χ4n) is 4.84. The molecule has 2 aliphatic rings. The molecule has 1 heterocycles. The third kappa shape index (κ3) is 4.92. The van der Waals surface area contributed by atoms with Crippen LogP contribution in [0.4, 0.5) is 0 Å².